The third kappa shape index (κ3) is 3.27. The lowest BCUT2D eigenvalue weighted by atomic mass is 10.0. The molecule has 4 aromatic rings. The second kappa shape index (κ2) is 7.27. The summed E-state index contributed by atoms with van der Waals surface area (Å²) in [6.45, 7) is 4.25. The van der Waals surface area contributed by atoms with Gasteiger partial charge in [0.2, 0.25) is 0 Å². The summed E-state index contributed by atoms with van der Waals surface area (Å²) in [5.74, 6) is 0.741. The lowest BCUT2D eigenvalue weighted by Gasteiger charge is -2.15. The molecule has 0 aliphatic rings. The highest BCUT2D eigenvalue weighted by Gasteiger charge is 2.15. The summed E-state index contributed by atoms with van der Waals surface area (Å²) in [7, 11) is 0. The van der Waals surface area contributed by atoms with Gasteiger partial charge in [-0.2, -0.15) is 0 Å². The Morgan fingerprint density at radius 2 is 1.61 bits per heavy atom. The minimum absolute atomic E-state index is 0.00971. The van der Waals surface area contributed by atoms with E-state index in [2.05, 4.69) is 4.98 Å². The van der Waals surface area contributed by atoms with Crippen LogP contribution in [-0.2, 0) is 6.61 Å². The van der Waals surface area contributed by atoms with Crippen molar-refractivity contribution in [2.45, 2.75) is 20.5 Å². The van der Waals surface area contributed by atoms with Gasteiger partial charge < -0.3 is 4.74 Å². The molecule has 0 aliphatic heterocycles. The molecule has 4 rings (SSSR count). The van der Waals surface area contributed by atoms with Crippen LogP contribution in [0.5, 0.6) is 5.75 Å². The molecule has 0 radical (unpaired) electrons. The van der Waals surface area contributed by atoms with Crippen molar-refractivity contribution in [3.05, 3.63) is 93.8 Å². The Hall–Kier alpha value is -3.47. The summed E-state index contributed by atoms with van der Waals surface area (Å²) in [4.78, 5) is 16.8. The summed E-state index contributed by atoms with van der Waals surface area (Å²) in [6.07, 6.45) is 0. The highest BCUT2D eigenvalue weighted by atomic mass is 19.2. The molecule has 28 heavy (non-hydrogen) atoms. The van der Waals surface area contributed by atoms with E-state index in [1.54, 1.807) is 36.4 Å². The summed E-state index contributed by atoms with van der Waals surface area (Å²) in [6, 6.07) is 20.2. The van der Waals surface area contributed by atoms with E-state index in [0.29, 0.717) is 17.7 Å². The molecule has 0 saturated heterocycles. The van der Waals surface area contributed by atoms with Gasteiger partial charge in [0, 0.05) is 5.56 Å². The van der Waals surface area contributed by atoms with E-state index in [0.717, 1.165) is 22.4 Å². The van der Waals surface area contributed by atoms with E-state index in [9.17, 15) is 9.28 Å². The van der Waals surface area contributed by atoms with Crippen LogP contribution in [-0.4, -0.2) is 9.77 Å². The number of benzene rings is 3. The van der Waals surface area contributed by atoms with Gasteiger partial charge in [0.1, 0.15) is 12.4 Å². The Morgan fingerprint density at radius 3 is 2.32 bits per heavy atom. The van der Waals surface area contributed by atoms with Crippen molar-refractivity contribution in [1.29, 1.82) is 0 Å². The van der Waals surface area contributed by atoms with E-state index in [1.807, 2.05) is 44.2 Å². The standard InChI is InChI=1S/C23H19FN2O2/c1-15-12-18(13-16(2)21(15)28-14-17-8-4-3-5-9-17)22-25-20-11-7-6-10-19(20)23(27)26(22)24/h3-13H,14H2,1-2H3. The molecular formula is C23H19FN2O2. The number of halogens is 1. The predicted molar refractivity (Wildman–Crippen MR) is 108 cm³/mol. The topological polar surface area (TPSA) is 44.1 Å². The van der Waals surface area contributed by atoms with Gasteiger partial charge in [0.25, 0.3) is 5.56 Å². The van der Waals surface area contributed by atoms with Gasteiger partial charge in [-0.15, -0.1) is 4.79 Å². The summed E-state index contributed by atoms with van der Waals surface area (Å²) < 4.78 is 20.6. The van der Waals surface area contributed by atoms with Crippen LogP contribution in [0.15, 0.2) is 71.5 Å². The maximum absolute atomic E-state index is 14.7. The van der Waals surface area contributed by atoms with Gasteiger partial charge in [-0.3, -0.25) is 4.79 Å². The smallest absolute Gasteiger partial charge is 0.290 e. The molecule has 0 unspecified atom stereocenters. The van der Waals surface area contributed by atoms with Crippen LogP contribution in [0.1, 0.15) is 16.7 Å². The lowest BCUT2D eigenvalue weighted by Crippen LogP contribution is -2.17. The molecule has 0 N–H and O–H groups in total. The van der Waals surface area contributed by atoms with Crippen molar-refractivity contribution >= 4 is 10.9 Å². The van der Waals surface area contributed by atoms with E-state index in [1.165, 1.54) is 0 Å². The van der Waals surface area contributed by atoms with Crippen molar-refractivity contribution in [3.63, 3.8) is 0 Å². The van der Waals surface area contributed by atoms with Crippen LogP contribution in [0.25, 0.3) is 22.3 Å². The molecule has 0 aliphatic carbocycles. The van der Waals surface area contributed by atoms with Gasteiger partial charge in [-0.25, -0.2) is 4.98 Å². The maximum atomic E-state index is 14.7. The maximum Gasteiger partial charge on any atom is 0.290 e. The molecule has 0 fully saturated rings. The fourth-order valence-corrected chi connectivity index (χ4v) is 3.33. The van der Waals surface area contributed by atoms with Gasteiger partial charge >= 0.3 is 0 Å². The minimum atomic E-state index is -0.708. The summed E-state index contributed by atoms with van der Waals surface area (Å²) >= 11 is 0. The largest absolute Gasteiger partial charge is 0.488 e. The van der Waals surface area contributed by atoms with Crippen molar-refractivity contribution < 1.29 is 9.22 Å². The first-order valence-electron chi connectivity index (χ1n) is 9.01. The molecule has 1 heterocycles. The molecule has 5 heteroatoms. The van der Waals surface area contributed by atoms with E-state index < -0.39 is 5.56 Å². The fraction of sp³-hybridized carbons (Fsp3) is 0.130. The van der Waals surface area contributed by atoms with Crippen LogP contribution in [0, 0.1) is 13.8 Å². The second-order valence-electron chi connectivity index (χ2n) is 6.75. The van der Waals surface area contributed by atoms with Crippen molar-refractivity contribution in [3.8, 4) is 17.1 Å². The van der Waals surface area contributed by atoms with Gasteiger partial charge in [-0.1, -0.05) is 46.9 Å². The Bertz CT molecular complexity index is 1190. The molecule has 0 saturated carbocycles. The highest BCUT2D eigenvalue weighted by Crippen LogP contribution is 2.30. The van der Waals surface area contributed by atoms with E-state index in [4.69, 9.17) is 4.74 Å². The Labute approximate surface area is 161 Å². The molecule has 0 atom stereocenters. The van der Waals surface area contributed by atoms with Crippen molar-refractivity contribution in [2.24, 2.45) is 0 Å². The monoisotopic (exact) mass is 374 g/mol. The van der Waals surface area contributed by atoms with E-state index >= 15 is 0 Å². The average molecular weight is 374 g/mol. The number of rotatable bonds is 4. The first kappa shape index (κ1) is 17.9. The Morgan fingerprint density at radius 1 is 0.964 bits per heavy atom. The zero-order valence-corrected chi connectivity index (χ0v) is 15.6. The number of aromatic nitrogens is 2. The van der Waals surface area contributed by atoms with E-state index in [-0.39, 0.29) is 16.0 Å². The Kier molecular flexibility index (Phi) is 4.65. The number of hydrogen-bond donors (Lipinski definition) is 0. The molecular weight excluding hydrogens is 355 g/mol. The number of para-hydroxylation sites is 1. The third-order valence-electron chi connectivity index (χ3n) is 4.67. The number of nitrogens with zero attached hydrogens (tertiary/aromatic N) is 2. The molecule has 0 amide bonds. The van der Waals surface area contributed by atoms with Crippen molar-refractivity contribution in [2.75, 3.05) is 0 Å². The zero-order chi connectivity index (χ0) is 19.7. The number of fused-ring (bicyclic) bond motifs is 1. The first-order chi connectivity index (χ1) is 13.5. The molecule has 140 valence electrons. The van der Waals surface area contributed by atoms with Crippen LogP contribution in [0.2, 0.25) is 0 Å². The van der Waals surface area contributed by atoms with Crippen LogP contribution in [0.4, 0.5) is 4.48 Å². The SMILES string of the molecule is Cc1cc(-c2nc3ccccc3c(=O)n2F)cc(C)c1OCc1ccccc1. The molecule has 0 bridgehead atoms. The Balaban J connectivity index is 1.73. The third-order valence-corrected chi connectivity index (χ3v) is 4.67. The van der Waals surface area contributed by atoms with Crippen molar-refractivity contribution in [1.82, 2.24) is 9.77 Å². The molecule has 1 aromatic heterocycles. The molecule has 3 aromatic carbocycles. The number of hydrogen-bond acceptors (Lipinski definition) is 3. The van der Waals surface area contributed by atoms with Crippen LogP contribution >= 0.6 is 0 Å². The van der Waals surface area contributed by atoms with Crippen LogP contribution in [0.3, 0.4) is 0 Å². The van der Waals surface area contributed by atoms with Gasteiger partial charge in [-0.05, 0) is 54.8 Å². The number of aryl methyl sites for hydroxylation is 2. The quantitative estimate of drug-likeness (QED) is 0.505. The van der Waals surface area contributed by atoms with Gasteiger partial charge in [0.05, 0.1) is 10.9 Å². The van der Waals surface area contributed by atoms with Crippen LogP contribution < -0.4 is 10.3 Å². The normalized spacial score (nSPS) is 11.0. The summed E-state index contributed by atoms with van der Waals surface area (Å²) in [5.41, 5.74) is 3.07. The average Bonchev–Trinajstić information content (AvgIpc) is 2.71. The molecule has 4 nitrogen and oxygen atoms in total. The van der Waals surface area contributed by atoms with Gasteiger partial charge in [0.15, 0.2) is 5.82 Å². The predicted octanol–water partition coefficient (Wildman–Crippen LogP) is 4.99. The second-order valence-corrected chi connectivity index (χ2v) is 6.75. The molecule has 0 spiro atoms. The lowest BCUT2D eigenvalue weighted by molar-refractivity contribution is 0.302. The highest BCUT2D eigenvalue weighted by molar-refractivity contribution is 5.79. The fourth-order valence-electron chi connectivity index (χ4n) is 3.33. The summed E-state index contributed by atoms with van der Waals surface area (Å²) in [5, 5.41) is 0.255. The number of ether oxygens (including phenoxy) is 1. The first-order valence-corrected chi connectivity index (χ1v) is 9.01. The zero-order valence-electron chi connectivity index (χ0n) is 15.6. The minimum Gasteiger partial charge on any atom is -0.488 e.